The molecule has 0 aliphatic carbocycles. The van der Waals surface area contributed by atoms with Crippen LogP contribution >= 0.6 is 10.9 Å². The third-order valence-electron chi connectivity index (χ3n) is 3.28. The summed E-state index contributed by atoms with van der Waals surface area (Å²) in [7, 11) is -0.573. The molecule has 0 spiro atoms. The summed E-state index contributed by atoms with van der Waals surface area (Å²) < 4.78 is 0. The fourth-order valence-electron chi connectivity index (χ4n) is 2.29. The SMILES string of the molecule is N#Cc1ccc([SH](c2ccccc2)c2ccccc2)cc1. The van der Waals surface area contributed by atoms with Gasteiger partial charge in [0.15, 0.2) is 0 Å². The first-order valence-corrected chi connectivity index (χ1v) is 8.13. The van der Waals surface area contributed by atoms with E-state index in [-0.39, 0.29) is 0 Å². The van der Waals surface area contributed by atoms with Crippen molar-refractivity contribution in [2.75, 3.05) is 0 Å². The Balaban J connectivity index is 2.10. The summed E-state index contributed by atoms with van der Waals surface area (Å²) in [5.41, 5.74) is 0.704. The van der Waals surface area contributed by atoms with Crippen molar-refractivity contribution in [2.45, 2.75) is 14.7 Å². The molecule has 0 N–H and O–H groups in total. The number of benzene rings is 3. The Morgan fingerprint density at radius 1 is 0.571 bits per heavy atom. The Kier molecular flexibility index (Phi) is 4.04. The minimum Gasteiger partial charge on any atom is -0.192 e. The molecule has 0 saturated heterocycles. The van der Waals surface area contributed by atoms with Gasteiger partial charge in [0.25, 0.3) is 0 Å². The lowest BCUT2D eigenvalue weighted by Gasteiger charge is -2.23. The number of hydrogen-bond donors (Lipinski definition) is 1. The van der Waals surface area contributed by atoms with E-state index in [1.165, 1.54) is 14.7 Å². The highest BCUT2D eigenvalue weighted by atomic mass is 32.2. The van der Waals surface area contributed by atoms with E-state index in [4.69, 9.17) is 5.26 Å². The van der Waals surface area contributed by atoms with Crippen molar-refractivity contribution in [1.29, 1.82) is 5.26 Å². The number of thiol groups is 1. The summed E-state index contributed by atoms with van der Waals surface area (Å²) >= 11 is 0. The first kappa shape index (κ1) is 13.5. The molecule has 0 saturated carbocycles. The first-order chi connectivity index (χ1) is 10.4. The monoisotopic (exact) mass is 289 g/mol. The fourth-order valence-corrected chi connectivity index (χ4v) is 4.57. The highest BCUT2D eigenvalue weighted by Gasteiger charge is 2.11. The maximum absolute atomic E-state index is 8.96. The summed E-state index contributed by atoms with van der Waals surface area (Å²) in [4.78, 5) is 3.91. The van der Waals surface area contributed by atoms with Crippen LogP contribution in [0.15, 0.2) is 99.6 Å². The number of hydrogen-bond acceptors (Lipinski definition) is 1. The van der Waals surface area contributed by atoms with Crippen LogP contribution in [0.2, 0.25) is 0 Å². The molecule has 0 amide bonds. The summed E-state index contributed by atoms with van der Waals surface area (Å²) in [5, 5.41) is 8.96. The van der Waals surface area contributed by atoms with E-state index in [0.29, 0.717) is 5.56 Å². The second-order valence-electron chi connectivity index (χ2n) is 4.67. The van der Waals surface area contributed by atoms with Gasteiger partial charge in [-0.2, -0.15) is 16.2 Å². The molecule has 2 heteroatoms. The van der Waals surface area contributed by atoms with Gasteiger partial charge in [-0.05, 0) is 63.2 Å². The van der Waals surface area contributed by atoms with Crippen LogP contribution < -0.4 is 0 Å². The highest BCUT2D eigenvalue weighted by molar-refractivity contribution is 8.17. The van der Waals surface area contributed by atoms with Gasteiger partial charge in [-0.25, -0.2) is 0 Å². The van der Waals surface area contributed by atoms with Crippen LogP contribution in [0, 0.1) is 11.3 Å². The van der Waals surface area contributed by atoms with Gasteiger partial charge in [0, 0.05) is 0 Å². The minimum absolute atomic E-state index is 0.573. The normalized spacial score (nSPS) is 10.7. The second kappa shape index (κ2) is 6.30. The molecule has 0 atom stereocenters. The first-order valence-electron chi connectivity index (χ1n) is 6.79. The Morgan fingerprint density at radius 3 is 1.43 bits per heavy atom. The molecule has 0 aliphatic rings. The quantitative estimate of drug-likeness (QED) is 0.671. The average Bonchev–Trinajstić information content (AvgIpc) is 2.58. The zero-order chi connectivity index (χ0) is 14.5. The molecule has 3 aromatic rings. The topological polar surface area (TPSA) is 23.8 Å². The van der Waals surface area contributed by atoms with E-state index < -0.39 is 10.9 Å². The molecule has 3 rings (SSSR count). The lowest BCUT2D eigenvalue weighted by molar-refractivity contribution is 1.32. The second-order valence-corrected chi connectivity index (χ2v) is 6.89. The average molecular weight is 289 g/mol. The van der Waals surface area contributed by atoms with E-state index in [1.807, 2.05) is 24.3 Å². The Bertz CT molecular complexity index is 704. The standard InChI is InChI=1S/C19H15NS/c20-15-16-11-13-19(14-12-16)21(17-7-3-1-4-8-17)18-9-5-2-6-10-18/h1-14,21H. The minimum atomic E-state index is -0.573. The van der Waals surface area contributed by atoms with Gasteiger partial charge < -0.3 is 0 Å². The fraction of sp³-hybridized carbons (Fsp3) is 0. The van der Waals surface area contributed by atoms with Gasteiger partial charge in [0.1, 0.15) is 0 Å². The molecule has 0 aromatic heterocycles. The van der Waals surface area contributed by atoms with Crippen molar-refractivity contribution in [2.24, 2.45) is 0 Å². The Morgan fingerprint density at radius 2 is 1.00 bits per heavy atom. The van der Waals surface area contributed by atoms with Crippen molar-refractivity contribution >= 4 is 10.9 Å². The smallest absolute Gasteiger partial charge is 0.0991 e. The molecule has 0 aliphatic heterocycles. The highest BCUT2D eigenvalue weighted by Crippen LogP contribution is 2.50. The molecule has 0 bridgehead atoms. The van der Waals surface area contributed by atoms with Crippen molar-refractivity contribution < 1.29 is 0 Å². The Labute approximate surface area is 127 Å². The molecule has 0 heterocycles. The third kappa shape index (κ3) is 2.99. The zero-order valence-electron chi connectivity index (χ0n) is 11.5. The molecule has 0 fully saturated rings. The van der Waals surface area contributed by atoms with Crippen molar-refractivity contribution in [3.8, 4) is 6.07 Å². The van der Waals surface area contributed by atoms with Crippen molar-refractivity contribution in [1.82, 2.24) is 0 Å². The van der Waals surface area contributed by atoms with Gasteiger partial charge in [-0.3, -0.25) is 0 Å². The molecule has 3 aromatic carbocycles. The molecular formula is C19H15NS. The van der Waals surface area contributed by atoms with Crippen LogP contribution in [0.4, 0.5) is 0 Å². The van der Waals surface area contributed by atoms with E-state index in [1.54, 1.807) is 0 Å². The molecule has 21 heavy (non-hydrogen) atoms. The van der Waals surface area contributed by atoms with Crippen molar-refractivity contribution in [3.63, 3.8) is 0 Å². The van der Waals surface area contributed by atoms with Gasteiger partial charge in [-0.15, -0.1) is 0 Å². The third-order valence-corrected chi connectivity index (χ3v) is 5.73. The van der Waals surface area contributed by atoms with E-state index in [9.17, 15) is 0 Å². The summed E-state index contributed by atoms with van der Waals surface area (Å²) in [6, 6.07) is 31.2. The van der Waals surface area contributed by atoms with Crippen LogP contribution in [0.3, 0.4) is 0 Å². The maximum Gasteiger partial charge on any atom is 0.0991 e. The Hall–Kier alpha value is -2.50. The lowest BCUT2D eigenvalue weighted by atomic mass is 10.2. The van der Waals surface area contributed by atoms with Gasteiger partial charge in [0.2, 0.25) is 0 Å². The van der Waals surface area contributed by atoms with E-state index in [0.717, 1.165) is 0 Å². The largest absolute Gasteiger partial charge is 0.192 e. The van der Waals surface area contributed by atoms with Crippen LogP contribution in [-0.4, -0.2) is 0 Å². The summed E-state index contributed by atoms with van der Waals surface area (Å²) in [6.45, 7) is 0. The number of rotatable bonds is 3. The van der Waals surface area contributed by atoms with Gasteiger partial charge >= 0.3 is 0 Å². The molecule has 0 unspecified atom stereocenters. The van der Waals surface area contributed by atoms with Gasteiger partial charge in [0.05, 0.1) is 11.6 Å². The summed E-state index contributed by atoms with van der Waals surface area (Å²) in [6.07, 6.45) is 0. The van der Waals surface area contributed by atoms with E-state index >= 15 is 0 Å². The predicted molar refractivity (Wildman–Crippen MR) is 87.8 cm³/mol. The molecule has 1 nitrogen and oxygen atoms in total. The van der Waals surface area contributed by atoms with Crippen LogP contribution in [0.1, 0.15) is 5.56 Å². The lowest BCUT2D eigenvalue weighted by Crippen LogP contribution is -1.88. The van der Waals surface area contributed by atoms with E-state index in [2.05, 4.69) is 66.7 Å². The number of nitriles is 1. The molecule has 0 radical (unpaired) electrons. The van der Waals surface area contributed by atoms with Gasteiger partial charge in [-0.1, -0.05) is 36.4 Å². The molecule has 102 valence electrons. The predicted octanol–water partition coefficient (Wildman–Crippen LogP) is 5.04. The number of nitrogens with zero attached hydrogens (tertiary/aromatic N) is 1. The van der Waals surface area contributed by atoms with Crippen LogP contribution in [-0.2, 0) is 0 Å². The zero-order valence-corrected chi connectivity index (χ0v) is 12.4. The molecular weight excluding hydrogens is 274 g/mol. The summed E-state index contributed by atoms with van der Waals surface area (Å²) in [5.74, 6) is 0. The maximum atomic E-state index is 8.96. The van der Waals surface area contributed by atoms with Crippen molar-refractivity contribution in [3.05, 3.63) is 90.5 Å². The van der Waals surface area contributed by atoms with Crippen LogP contribution in [0.25, 0.3) is 0 Å². The van der Waals surface area contributed by atoms with Crippen LogP contribution in [0.5, 0.6) is 0 Å².